The SMILES string of the molecule is CN1[C@@H]2c3[nH]c4ccccc4c3C[C@H]1[C@H](C#N)N1[C@@H](CNC(=O)c3ccc4ccccc4c3)c3[nH]c4ccccc4c3C[C@@H]21. The molecule has 3 N–H and O–H groups in total. The summed E-state index contributed by atoms with van der Waals surface area (Å²) < 4.78 is 0. The van der Waals surface area contributed by atoms with E-state index in [1.807, 2.05) is 36.4 Å². The minimum Gasteiger partial charge on any atom is -0.357 e. The quantitative estimate of drug-likeness (QED) is 0.241. The van der Waals surface area contributed by atoms with Gasteiger partial charge >= 0.3 is 0 Å². The highest BCUT2D eigenvalue weighted by Crippen LogP contribution is 2.51. The van der Waals surface area contributed by atoms with E-state index in [1.54, 1.807) is 0 Å². The van der Waals surface area contributed by atoms with E-state index >= 15 is 0 Å². The first-order valence-corrected chi connectivity index (χ1v) is 15.5. The van der Waals surface area contributed by atoms with E-state index in [2.05, 4.69) is 92.8 Å². The maximum atomic E-state index is 13.6. The van der Waals surface area contributed by atoms with E-state index in [0.29, 0.717) is 12.1 Å². The van der Waals surface area contributed by atoms with Crippen molar-refractivity contribution in [2.24, 2.45) is 0 Å². The number of hydrogen-bond donors (Lipinski definition) is 3. The Bertz CT molecular complexity index is 2150. The number of nitrogens with one attached hydrogen (secondary N) is 3. The number of aromatic nitrogens is 2. The van der Waals surface area contributed by atoms with E-state index in [4.69, 9.17) is 0 Å². The van der Waals surface area contributed by atoms with Crippen LogP contribution in [0.1, 0.15) is 45.0 Å². The van der Waals surface area contributed by atoms with Gasteiger partial charge in [0.15, 0.2) is 0 Å². The van der Waals surface area contributed by atoms with Crippen LogP contribution in [-0.2, 0) is 12.8 Å². The number of para-hydroxylation sites is 2. The van der Waals surface area contributed by atoms with Gasteiger partial charge < -0.3 is 15.3 Å². The first kappa shape index (κ1) is 25.6. The molecule has 0 spiro atoms. The number of carbonyl (C=O) groups is 1. The molecule has 9 rings (SSSR count). The maximum absolute atomic E-state index is 13.6. The van der Waals surface area contributed by atoms with Crippen molar-refractivity contribution >= 4 is 38.5 Å². The van der Waals surface area contributed by atoms with Crippen LogP contribution in [0.3, 0.4) is 0 Å². The zero-order chi connectivity index (χ0) is 29.5. The van der Waals surface area contributed by atoms with Crippen molar-refractivity contribution in [2.45, 2.75) is 43.1 Å². The molecule has 7 nitrogen and oxygen atoms in total. The Kier molecular flexibility index (Phi) is 5.55. The molecule has 1 saturated heterocycles. The molecule has 216 valence electrons. The highest BCUT2D eigenvalue weighted by atomic mass is 16.1. The number of fused-ring (bicyclic) bond motifs is 12. The van der Waals surface area contributed by atoms with Gasteiger partial charge in [0.2, 0.25) is 0 Å². The number of amides is 1. The molecule has 5 heterocycles. The molecule has 2 aromatic heterocycles. The van der Waals surface area contributed by atoms with Crippen LogP contribution in [0.4, 0.5) is 0 Å². The van der Waals surface area contributed by atoms with E-state index in [9.17, 15) is 10.1 Å². The van der Waals surface area contributed by atoms with Gasteiger partial charge in [-0.2, -0.15) is 5.26 Å². The average molecular weight is 577 g/mol. The molecule has 2 bridgehead atoms. The zero-order valence-corrected chi connectivity index (χ0v) is 24.4. The summed E-state index contributed by atoms with van der Waals surface area (Å²) in [6.07, 6.45) is 1.63. The first-order valence-electron chi connectivity index (χ1n) is 15.5. The number of piperazine rings is 1. The lowest BCUT2D eigenvalue weighted by atomic mass is 9.75. The topological polar surface area (TPSA) is 90.9 Å². The largest absolute Gasteiger partial charge is 0.357 e. The van der Waals surface area contributed by atoms with Gasteiger partial charge in [0.1, 0.15) is 6.04 Å². The first-order chi connectivity index (χ1) is 21.6. The fourth-order valence-electron chi connectivity index (χ4n) is 8.53. The summed E-state index contributed by atoms with van der Waals surface area (Å²) in [4.78, 5) is 26.0. The van der Waals surface area contributed by atoms with Crippen molar-refractivity contribution in [3.05, 3.63) is 119 Å². The predicted octanol–water partition coefficient (Wildman–Crippen LogP) is 6.00. The predicted molar refractivity (Wildman–Crippen MR) is 172 cm³/mol. The van der Waals surface area contributed by atoms with Crippen LogP contribution in [0.15, 0.2) is 91.0 Å². The Morgan fingerprint density at radius 2 is 1.48 bits per heavy atom. The summed E-state index contributed by atoms with van der Waals surface area (Å²) in [5, 5.41) is 18.7. The highest BCUT2D eigenvalue weighted by molar-refractivity contribution is 5.98. The summed E-state index contributed by atoms with van der Waals surface area (Å²) >= 11 is 0. The molecule has 1 fully saturated rings. The minimum absolute atomic E-state index is 0.0394. The van der Waals surface area contributed by atoms with Gasteiger partial charge in [-0.1, -0.05) is 66.7 Å². The van der Waals surface area contributed by atoms with Crippen LogP contribution in [0.25, 0.3) is 32.6 Å². The molecule has 4 aromatic carbocycles. The summed E-state index contributed by atoms with van der Waals surface area (Å²) in [7, 11) is 2.19. The van der Waals surface area contributed by atoms with Crippen LogP contribution in [0, 0.1) is 11.3 Å². The van der Waals surface area contributed by atoms with Crippen LogP contribution < -0.4 is 5.32 Å². The van der Waals surface area contributed by atoms with E-state index in [-0.39, 0.29) is 36.1 Å². The standard InChI is InChI=1S/C37H32N6O/c1-42-30-17-27-25-11-5-7-13-29(25)41-35(27)36(42)31-18-26-24-10-4-6-12-28(24)40-34(26)33(43(31)32(30)19-38)20-39-37(44)23-15-14-21-8-2-3-9-22(21)16-23/h2-16,30-33,36,40-41H,17-18,20H2,1H3,(H,39,44)/t30-,31-,32-,33-,36-/m0/s1. The number of rotatable bonds is 3. The normalized spacial score (nSPS) is 24.5. The fraction of sp³-hybridized carbons (Fsp3) is 0.243. The summed E-state index contributed by atoms with van der Waals surface area (Å²) in [5.74, 6) is -0.101. The number of H-pyrrole nitrogens is 2. The summed E-state index contributed by atoms with van der Waals surface area (Å²) in [6, 6.07) is 33.4. The van der Waals surface area contributed by atoms with E-state index in [1.165, 1.54) is 27.6 Å². The Balaban J connectivity index is 1.15. The minimum atomic E-state index is -0.329. The molecule has 5 atom stereocenters. The molecule has 0 radical (unpaired) electrons. The summed E-state index contributed by atoms with van der Waals surface area (Å²) in [5.41, 5.74) is 7.90. The van der Waals surface area contributed by atoms with Gasteiger partial charge in [-0.3, -0.25) is 14.6 Å². The molecule has 1 amide bonds. The number of hydrogen-bond acceptors (Lipinski definition) is 4. The second-order valence-corrected chi connectivity index (χ2v) is 12.6. The smallest absolute Gasteiger partial charge is 0.251 e. The average Bonchev–Trinajstić information content (AvgIpc) is 3.61. The van der Waals surface area contributed by atoms with Crippen molar-refractivity contribution in [1.29, 1.82) is 5.26 Å². The Hall–Kier alpha value is -4.90. The second kappa shape index (κ2) is 9.55. The third-order valence-electron chi connectivity index (χ3n) is 10.5. The van der Waals surface area contributed by atoms with Crippen molar-refractivity contribution in [3.8, 4) is 6.07 Å². The molecule has 0 saturated carbocycles. The molecular weight excluding hydrogens is 544 g/mol. The lowest BCUT2D eigenvalue weighted by Gasteiger charge is -2.58. The van der Waals surface area contributed by atoms with Crippen molar-refractivity contribution in [2.75, 3.05) is 13.6 Å². The molecule has 6 aromatic rings. The van der Waals surface area contributed by atoms with Gasteiger partial charge in [0.25, 0.3) is 5.91 Å². The maximum Gasteiger partial charge on any atom is 0.251 e. The fourth-order valence-corrected chi connectivity index (χ4v) is 8.53. The molecule has 44 heavy (non-hydrogen) atoms. The third kappa shape index (κ3) is 3.59. The Morgan fingerprint density at radius 3 is 2.23 bits per heavy atom. The van der Waals surface area contributed by atoms with E-state index < -0.39 is 0 Å². The van der Waals surface area contributed by atoms with Gasteiger partial charge in [0.05, 0.1) is 18.2 Å². The number of carbonyl (C=O) groups excluding carboxylic acids is 1. The molecule has 0 aliphatic carbocycles. The Morgan fingerprint density at radius 1 is 0.841 bits per heavy atom. The number of aromatic amines is 2. The van der Waals surface area contributed by atoms with Crippen molar-refractivity contribution in [1.82, 2.24) is 25.1 Å². The van der Waals surface area contributed by atoms with Gasteiger partial charge in [-0.25, -0.2) is 0 Å². The molecule has 7 heteroatoms. The van der Waals surface area contributed by atoms with Crippen molar-refractivity contribution in [3.63, 3.8) is 0 Å². The number of nitriles is 1. The number of benzene rings is 4. The molecule has 3 aliphatic heterocycles. The van der Waals surface area contributed by atoms with Gasteiger partial charge in [-0.05, 0) is 66.1 Å². The Labute approximate surface area is 255 Å². The van der Waals surface area contributed by atoms with Crippen LogP contribution in [-0.4, -0.2) is 57.4 Å². The lowest BCUT2D eigenvalue weighted by molar-refractivity contribution is -0.0722. The summed E-state index contributed by atoms with van der Waals surface area (Å²) in [6.45, 7) is 0.406. The van der Waals surface area contributed by atoms with Crippen LogP contribution in [0.5, 0.6) is 0 Å². The van der Waals surface area contributed by atoms with Crippen LogP contribution in [0.2, 0.25) is 0 Å². The number of nitrogens with zero attached hydrogens (tertiary/aromatic N) is 3. The van der Waals surface area contributed by atoms with Gasteiger partial charge in [-0.15, -0.1) is 0 Å². The number of likely N-dealkylation sites (N-methyl/N-ethyl adjacent to an activating group) is 1. The van der Waals surface area contributed by atoms with E-state index in [0.717, 1.165) is 40.3 Å². The molecular formula is C37H32N6O. The molecule has 3 aliphatic rings. The zero-order valence-electron chi connectivity index (χ0n) is 24.4. The monoisotopic (exact) mass is 576 g/mol. The lowest BCUT2D eigenvalue weighted by Crippen LogP contribution is -2.68. The van der Waals surface area contributed by atoms with Gasteiger partial charge in [0, 0.05) is 57.4 Å². The molecule has 0 unspecified atom stereocenters. The highest BCUT2D eigenvalue weighted by Gasteiger charge is 2.55. The van der Waals surface area contributed by atoms with Crippen molar-refractivity contribution < 1.29 is 4.79 Å². The van der Waals surface area contributed by atoms with Crippen LogP contribution >= 0.6 is 0 Å². The third-order valence-corrected chi connectivity index (χ3v) is 10.5. The second-order valence-electron chi connectivity index (χ2n) is 12.6.